The third-order valence-corrected chi connectivity index (χ3v) is 5.11. The lowest BCUT2D eigenvalue weighted by atomic mass is 9.89. The zero-order valence-corrected chi connectivity index (χ0v) is 13.6. The van der Waals surface area contributed by atoms with Crippen LogP contribution in [0.25, 0.3) is 0 Å². The lowest BCUT2D eigenvalue weighted by molar-refractivity contribution is 0.0942. The normalized spacial score (nSPS) is 23.1. The Bertz CT molecular complexity index is 459. The van der Waals surface area contributed by atoms with Crippen LogP contribution in [0.3, 0.4) is 0 Å². The van der Waals surface area contributed by atoms with E-state index in [4.69, 9.17) is 0 Å². The number of alkyl halides is 1. The van der Waals surface area contributed by atoms with E-state index in [0.29, 0.717) is 27.3 Å². The van der Waals surface area contributed by atoms with Crippen molar-refractivity contribution in [3.8, 4) is 0 Å². The highest BCUT2D eigenvalue weighted by atomic mass is 79.9. The Morgan fingerprint density at radius 1 is 1.32 bits per heavy atom. The number of benzene rings is 1. The van der Waals surface area contributed by atoms with E-state index < -0.39 is 5.82 Å². The van der Waals surface area contributed by atoms with Crippen molar-refractivity contribution in [3.05, 3.63) is 34.1 Å². The highest BCUT2D eigenvalue weighted by Gasteiger charge is 2.20. The van der Waals surface area contributed by atoms with Gasteiger partial charge < -0.3 is 5.32 Å². The molecule has 0 saturated heterocycles. The van der Waals surface area contributed by atoms with Gasteiger partial charge in [-0.05, 0) is 65.7 Å². The van der Waals surface area contributed by atoms with Crippen LogP contribution in [0.5, 0.6) is 0 Å². The number of halogens is 3. The van der Waals surface area contributed by atoms with Gasteiger partial charge in [0.1, 0.15) is 5.82 Å². The first-order valence-corrected chi connectivity index (χ1v) is 8.14. The topological polar surface area (TPSA) is 29.1 Å². The first-order chi connectivity index (χ1) is 9.06. The molecule has 1 N–H and O–H groups in total. The van der Waals surface area contributed by atoms with E-state index in [0.717, 1.165) is 25.7 Å². The minimum atomic E-state index is -0.395. The molecule has 0 aliphatic heterocycles. The van der Waals surface area contributed by atoms with Crippen molar-refractivity contribution in [2.24, 2.45) is 5.92 Å². The molecule has 2 nitrogen and oxygen atoms in total. The number of carbonyl (C=O) groups is 1. The Balaban J connectivity index is 1.89. The van der Waals surface area contributed by atoms with E-state index in [9.17, 15) is 9.18 Å². The Morgan fingerprint density at radius 3 is 2.68 bits per heavy atom. The van der Waals surface area contributed by atoms with Crippen molar-refractivity contribution < 1.29 is 9.18 Å². The maximum absolute atomic E-state index is 13.1. The van der Waals surface area contributed by atoms with E-state index in [1.165, 1.54) is 12.1 Å². The average molecular weight is 393 g/mol. The predicted molar refractivity (Wildman–Crippen MR) is 81.1 cm³/mol. The molecule has 1 aliphatic rings. The van der Waals surface area contributed by atoms with Crippen LogP contribution < -0.4 is 5.32 Å². The number of hydrogen-bond acceptors (Lipinski definition) is 1. The lowest BCUT2D eigenvalue weighted by Gasteiger charge is -2.25. The van der Waals surface area contributed by atoms with Gasteiger partial charge in [-0.3, -0.25) is 4.79 Å². The fraction of sp³-hybridized carbons (Fsp3) is 0.500. The van der Waals surface area contributed by atoms with E-state index in [2.05, 4.69) is 37.2 Å². The molecule has 1 fully saturated rings. The smallest absolute Gasteiger partial charge is 0.252 e. The van der Waals surface area contributed by atoms with Crippen molar-refractivity contribution in [2.75, 3.05) is 6.54 Å². The number of nitrogens with one attached hydrogen (secondary N) is 1. The largest absolute Gasteiger partial charge is 0.352 e. The van der Waals surface area contributed by atoms with E-state index in [-0.39, 0.29) is 5.91 Å². The molecule has 19 heavy (non-hydrogen) atoms. The summed E-state index contributed by atoms with van der Waals surface area (Å²) in [6.07, 6.45) is 4.56. The Kier molecular flexibility index (Phi) is 5.39. The highest BCUT2D eigenvalue weighted by molar-refractivity contribution is 9.10. The van der Waals surface area contributed by atoms with Crippen LogP contribution >= 0.6 is 31.9 Å². The maximum Gasteiger partial charge on any atom is 0.252 e. The summed E-state index contributed by atoms with van der Waals surface area (Å²) in [5.74, 6) is -0.0782. The highest BCUT2D eigenvalue weighted by Crippen LogP contribution is 2.28. The number of hydrogen-bond donors (Lipinski definition) is 1. The van der Waals surface area contributed by atoms with Crippen molar-refractivity contribution in [3.63, 3.8) is 0 Å². The summed E-state index contributed by atoms with van der Waals surface area (Å²) in [7, 11) is 0. The zero-order valence-electron chi connectivity index (χ0n) is 10.5. The summed E-state index contributed by atoms with van der Waals surface area (Å²) in [5, 5.41) is 2.90. The SMILES string of the molecule is O=C(NCC1CCC(Br)CC1)c1cc(F)ccc1Br. The molecule has 1 amide bonds. The molecule has 2 rings (SSSR count). The van der Waals surface area contributed by atoms with Crippen LogP contribution in [0.2, 0.25) is 0 Å². The van der Waals surface area contributed by atoms with Crippen LogP contribution in [0.4, 0.5) is 4.39 Å². The molecular formula is C14H16Br2FNO. The molecule has 5 heteroatoms. The standard InChI is InChI=1S/C14H16Br2FNO/c15-10-3-1-9(2-4-10)8-18-14(19)12-7-11(17)5-6-13(12)16/h5-7,9-10H,1-4,8H2,(H,18,19). The third kappa shape index (κ3) is 4.28. The van der Waals surface area contributed by atoms with Gasteiger partial charge in [0.05, 0.1) is 5.56 Å². The minimum Gasteiger partial charge on any atom is -0.352 e. The van der Waals surface area contributed by atoms with Gasteiger partial charge in [-0.2, -0.15) is 0 Å². The van der Waals surface area contributed by atoms with Gasteiger partial charge in [-0.25, -0.2) is 4.39 Å². The molecule has 0 heterocycles. The van der Waals surface area contributed by atoms with Crippen LogP contribution in [0.1, 0.15) is 36.0 Å². The summed E-state index contributed by atoms with van der Waals surface area (Å²) < 4.78 is 13.8. The number of rotatable bonds is 3. The minimum absolute atomic E-state index is 0.215. The van der Waals surface area contributed by atoms with Gasteiger partial charge >= 0.3 is 0 Å². The summed E-state index contributed by atoms with van der Waals surface area (Å²) in [6.45, 7) is 0.668. The summed E-state index contributed by atoms with van der Waals surface area (Å²) in [6, 6.07) is 4.15. The predicted octanol–water partition coefficient (Wildman–Crippen LogP) is 4.27. The first-order valence-electron chi connectivity index (χ1n) is 6.43. The van der Waals surface area contributed by atoms with Gasteiger partial charge in [-0.1, -0.05) is 15.9 Å². The maximum atomic E-state index is 13.1. The van der Waals surface area contributed by atoms with Crippen molar-refractivity contribution in [1.29, 1.82) is 0 Å². The van der Waals surface area contributed by atoms with Crippen molar-refractivity contribution in [2.45, 2.75) is 30.5 Å². The average Bonchev–Trinajstić information content (AvgIpc) is 2.40. The first kappa shape index (κ1) is 15.0. The number of carbonyl (C=O) groups excluding carboxylic acids is 1. The van der Waals surface area contributed by atoms with Crippen molar-refractivity contribution in [1.82, 2.24) is 5.32 Å². The van der Waals surface area contributed by atoms with Gasteiger partial charge in [-0.15, -0.1) is 0 Å². The third-order valence-electron chi connectivity index (χ3n) is 3.50. The lowest BCUT2D eigenvalue weighted by Crippen LogP contribution is -2.31. The fourth-order valence-electron chi connectivity index (χ4n) is 2.33. The molecule has 0 unspecified atom stereocenters. The Labute approximate surface area is 129 Å². The molecule has 104 valence electrons. The molecule has 0 radical (unpaired) electrons. The molecule has 0 aromatic heterocycles. The summed E-state index contributed by atoms with van der Waals surface area (Å²) >= 11 is 6.89. The second kappa shape index (κ2) is 6.84. The molecule has 0 atom stereocenters. The molecule has 1 aromatic rings. The fourth-order valence-corrected chi connectivity index (χ4v) is 3.29. The van der Waals surface area contributed by atoms with Crippen LogP contribution in [0, 0.1) is 11.7 Å². The summed E-state index contributed by atoms with van der Waals surface area (Å²) in [4.78, 5) is 12.6. The monoisotopic (exact) mass is 391 g/mol. The Hall–Kier alpha value is -0.420. The zero-order chi connectivity index (χ0) is 13.8. The van der Waals surface area contributed by atoms with E-state index in [1.807, 2.05) is 0 Å². The Morgan fingerprint density at radius 2 is 2.00 bits per heavy atom. The van der Waals surface area contributed by atoms with Gasteiger partial charge in [0.25, 0.3) is 5.91 Å². The van der Waals surface area contributed by atoms with E-state index in [1.54, 1.807) is 6.07 Å². The molecule has 1 aliphatic carbocycles. The van der Waals surface area contributed by atoms with Gasteiger partial charge in [0, 0.05) is 15.8 Å². The van der Waals surface area contributed by atoms with Crippen molar-refractivity contribution >= 4 is 37.8 Å². The van der Waals surface area contributed by atoms with E-state index >= 15 is 0 Å². The summed E-state index contributed by atoms with van der Waals surface area (Å²) in [5.41, 5.74) is 0.356. The molecule has 0 bridgehead atoms. The van der Waals surface area contributed by atoms with Gasteiger partial charge in [0.15, 0.2) is 0 Å². The molecular weight excluding hydrogens is 377 g/mol. The van der Waals surface area contributed by atoms with Crippen LogP contribution in [0.15, 0.2) is 22.7 Å². The van der Waals surface area contributed by atoms with Gasteiger partial charge in [0.2, 0.25) is 0 Å². The number of amides is 1. The molecule has 0 spiro atoms. The second-order valence-electron chi connectivity index (χ2n) is 4.95. The molecule has 1 saturated carbocycles. The van der Waals surface area contributed by atoms with Crippen LogP contribution in [-0.2, 0) is 0 Å². The quantitative estimate of drug-likeness (QED) is 0.764. The van der Waals surface area contributed by atoms with Crippen LogP contribution in [-0.4, -0.2) is 17.3 Å². The molecule has 1 aromatic carbocycles. The second-order valence-corrected chi connectivity index (χ2v) is 7.10.